The number of nitrogens with zero attached hydrogens (tertiary/aromatic N) is 4. The summed E-state index contributed by atoms with van der Waals surface area (Å²) in [4.78, 5) is 36.4. The zero-order valence-corrected chi connectivity index (χ0v) is 20.1. The summed E-state index contributed by atoms with van der Waals surface area (Å²) in [6, 6.07) is 0.320. The summed E-state index contributed by atoms with van der Waals surface area (Å²) in [5.41, 5.74) is 1.76. The standard InChI is InChI=1S/C25H37N5O3/c1-4-5-16(2)27-25-26-14-21-23(28-25)22(18-6-8-20(32)9-7-18)15-30(24(21)33)19-10-12-29(13-11-19)17(3)31/h14-16,18-20,32H,4-13H2,1-3H3,(H,26,27,28). The molecule has 1 saturated heterocycles. The third kappa shape index (κ3) is 5.21. The second kappa shape index (κ2) is 10.2. The first-order valence-corrected chi connectivity index (χ1v) is 12.5. The molecule has 0 spiro atoms. The van der Waals surface area contributed by atoms with Gasteiger partial charge in [0.25, 0.3) is 5.56 Å². The molecule has 1 unspecified atom stereocenters. The lowest BCUT2D eigenvalue weighted by molar-refractivity contribution is -0.130. The number of rotatable bonds is 6. The molecule has 0 radical (unpaired) electrons. The summed E-state index contributed by atoms with van der Waals surface area (Å²) in [5.74, 6) is 0.912. The molecule has 2 aromatic rings. The van der Waals surface area contributed by atoms with Crippen LogP contribution in [0.2, 0.25) is 0 Å². The Hall–Kier alpha value is -2.48. The average molecular weight is 456 g/mol. The van der Waals surface area contributed by atoms with E-state index in [1.807, 2.05) is 15.7 Å². The fraction of sp³-hybridized carbons (Fsp3) is 0.680. The largest absolute Gasteiger partial charge is 0.393 e. The normalized spacial score (nSPS) is 23.0. The molecule has 8 nitrogen and oxygen atoms in total. The highest BCUT2D eigenvalue weighted by atomic mass is 16.3. The Kier molecular flexibility index (Phi) is 7.32. The second-order valence-corrected chi connectivity index (χ2v) is 9.83. The summed E-state index contributed by atoms with van der Waals surface area (Å²) in [7, 11) is 0. The van der Waals surface area contributed by atoms with Crippen molar-refractivity contribution in [1.29, 1.82) is 0 Å². The van der Waals surface area contributed by atoms with E-state index in [0.29, 0.717) is 24.4 Å². The lowest BCUT2D eigenvalue weighted by atomic mass is 9.82. The number of carbonyl (C=O) groups excluding carboxylic acids is 1. The Balaban J connectivity index is 1.73. The molecule has 4 rings (SSSR count). The number of likely N-dealkylation sites (tertiary alicyclic amines) is 1. The van der Waals surface area contributed by atoms with Crippen LogP contribution in [-0.2, 0) is 4.79 Å². The quantitative estimate of drug-likeness (QED) is 0.690. The molecular formula is C25H37N5O3. The summed E-state index contributed by atoms with van der Waals surface area (Å²) in [5, 5.41) is 14.0. The van der Waals surface area contributed by atoms with Crippen LogP contribution in [0.25, 0.3) is 10.9 Å². The van der Waals surface area contributed by atoms with Gasteiger partial charge >= 0.3 is 0 Å². The van der Waals surface area contributed by atoms with Crippen LogP contribution >= 0.6 is 0 Å². The highest BCUT2D eigenvalue weighted by molar-refractivity contribution is 5.81. The van der Waals surface area contributed by atoms with Crippen molar-refractivity contribution >= 4 is 22.8 Å². The number of hydrogen-bond acceptors (Lipinski definition) is 6. The Morgan fingerprint density at radius 1 is 1.21 bits per heavy atom. The molecule has 2 aliphatic rings. The topological polar surface area (TPSA) is 100 Å². The number of piperidine rings is 1. The highest BCUT2D eigenvalue weighted by Gasteiger charge is 2.28. The number of hydrogen-bond donors (Lipinski definition) is 2. The third-order valence-corrected chi connectivity index (χ3v) is 7.34. The molecule has 2 aromatic heterocycles. The van der Waals surface area contributed by atoms with Gasteiger partial charge in [-0.25, -0.2) is 9.97 Å². The van der Waals surface area contributed by atoms with E-state index in [9.17, 15) is 14.7 Å². The van der Waals surface area contributed by atoms with Crippen LogP contribution < -0.4 is 10.9 Å². The SMILES string of the molecule is CCCC(C)Nc1ncc2c(=O)n(C3CCN(C(C)=O)CC3)cc(C3CCC(O)CC3)c2n1. The third-order valence-electron chi connectivity index (χ3n) is 7.34. The molecule has 180 valence electrons. The number of nitrogens with one attached hydrogen (secondary N) is 1. The maximum atomic E-state index is 13.5. The zero-order chi connectivity index (χ0) is 23.5. The number of aliphatic hydroxyl groups is 1. The Morgan fingerprint density at radius 2 is 1.91 bits per heavy atom. The van der Waals surface area contributed by atoms with Gasteiger partial charge < -0.3 is 19.9 Å². The smallest absolute Gasteiger partial charge is 0.261 e. The van der Waals surface area contributed by atoms with Gasteiger partial charge in [-0.3, -0.25) is 9.59 Å². The molecule has 1 saturated carbocycles. The molecule has 0 bridgehead atoms. The van der Waals surface area contributed by atoms with E-state index in [1.54, 1.807) is 13.1 Å². The van der Waals surface area contributed by atoms with Crippen LogP contribution in [0.15, 0.2) is 17.2 Å². The Bertz CT molecular complexity index is 1040. The van der Waals surface area contributed by atoms with Crippen LogP contribution in [-0.4, -0.2) is 55.7 Å². The maximum absolute atomic E-state index is 13.5. The number of aromatic nitrogens is 3. The number of aliphatic hydroxyl groups excluding tert-OH is 1. The fourth-order valence-electron chi connectivity index (χ4n) is 5.38. The van der Waals surface area contributed by atoms with Crippen LogP contribution in [0.1, 0.15) is 89.7 Å². The van der Waals surface area contributed by atoms with Crippen molar-refractivity contribution in [2.75, 3.05) is 18.4 Å². The average Bonchev–Trinajstić information content (AvgIpc) is 2.80. The van der Waals surface area contributed by atoms with E-state index in [-0.39, 0.29) is 35.6 Å². The Morgan fingerprint density at radius 3 is 2.55 bits per heavy atom. The summed E-state index contributed by atoms with van der Waals surface area (Å²) in [6.07, 6.45) is 10.4. The first-order chi connectivity index (χ1) is 15.9. The molecular weight excluding hydrogens is 418 g/mol. The minimum absolute atomic E-state index is 0.0565. The number of fused-ring (bicyclic) bond motifs is 1. The molecule has 1 aliphatic carbocycles. The van der Waals surface area contributed by atoms with Crippen molar-refractivity contribution < 1.29 is 9.90 Å². The highest BCUT2D eigenvalue weighted by Crippen LogP contribution is 2.36. The predicted octanol–water partition coefficient (Wildman–Crippen LogP) is 3.59. The van der Waals surface area contributed by atoms with Crippen LogP contribution in [0.5, 0.6) is 0 Å². The predicted molar refractivity (Wildman–Crippen MR) is 130 cm³/mol. The van der Waals surface area contributed by atoms with Crippen LogP contribution in [0.3, 0.4) is 0 Å². The number of carbonyl (C=O) groups is 1. The lowest BCUT2D eigenvalue weighted by Gasteiger charge is -2.33. The summed E-state index contributed by atoms with van der Waals surface area (Å²) in [6.45, 7) is 7.21. The fourth-order valence-corrected chi connectivity index (χ4v) is 5.38. The van der Waals surface area contributed by atoms with Crippen molar-refractivity contribution in [2.24, 2.45) is 0 Å². The summed E-state index contributed by atoms with van der Waals surface area (Å²) >= 11 is 0. The minimum atomic E-state index is -0.240. The maximum Gasteiger partial charge on any atom is 0.261 e. The van der Waals surface area contributed by atoms with Crippen molar-refractivity contribution in [3.05, 3.63) is 28.3 Å². The van der Waals surface area contributed by atoms with E-state index in [1.165, 1.54) is 0 Å². The van der Waals surface area contributed by atoms with Gasteiger partial charge in [0.1, 0.15) is 0 Å². The van der Waals surface area contributed by atoms with Gasteiger partial charge in [0.15, 0.2) is 0 Å². The van der Waals surface area contributed by atoms with Gasteiger partial charge in [0.2, 0.25) is 11.9 Å². The van der Waals surface area contributed by atoms with Gasteiger partial charge in [-0.05, 0) is 63.4 Å². The lowest BCUT2D eigenvalue weighted by Crippen LogP contribution is -2.40. The number of amides is 1. The van der Waals surface area contributed by atoms with Crippen molar-refractivity contribution in [3.63, 3.8) is 0 Å². The number of pyridine rings is 1. The molecule has 2 N–H and O–H groups in total. The van der Waals surface area contributed by atoms with Crippen molar-refractivity contribution in [2.45, 2.75) is 96.2 Å². The van der Waals surface area contributed by atoms with Gasteiger partial charge in [-0.15, -0.1) is 0 Å². The molecule has 1 aliphatic heterocycles. The van der Waals surface area contributed by atoms with E-state index in [0.717, 1.165) is 62.4 Å². The molecule has 1 atom stereocenters. The van der Waals surface area contributed by atoms with Crippen molar-refractivity contribution in [1.82, 2.24) is 19.4 Å². The van der Waals surface area contributed by atoms with Crippen LogP contribution in [0, 0.1) is 0 Å². The molecule has 0 aromatic carbocycles. The van der Waals surface area contributed by atoms with E-state index in [2.05, 4.69) is 24.1 Å². The van der Waals surface area contributed by atoms with Crippen LogP contribution in [0.4, 0.5) is 5.95 Å². The molecule has 8 heteroatoms. The van der Waals surface area contributed by atoms with E-state index < -0.39 is 0 Å². The first kappa shape index (κ1) is 23.7. The molecule has 1 amide bonds. The van der Waals surface area contributed by atoms with Gasteiger partial charge in [-0.2, -0.15) is 0 Å². The molecule has 2 fully saturated rings. The zero-order valence-electron chi connectivity index (χ0n) is 20.1. The molecule has 33 heavy (non-hydrogen) atoms. The monoisotopic (exact) mass is 455 g/mol. The van der Waals surface area contributed by atoms with Gasteiger partial charge in [-0.1, -0.05) is 13.3 Å². The van der Waals surface area contributed by atoms with E-state index >= 15 is 0 Å². The van der Waals surface area contributed by atoms with E-state index in [4.69, 9.17) is 4.98 Å². The van der Waals surface area contributed by atoms with Gasteiger partial charge in [0.05, 0.1) is 17.0 Å². The summed E-state index contributed by atoms with van der Waals surface area (Å²) < 4.78 is 1.87. The Labute approximate surface area is 195 Å². The number of anilines is 1. The second-order valence-electron chi connectivity index (χ2n) is 9.83. The van der Waals surface area contributed by atoms with Gasteiger partial charge in [0, 0.05) is 44.5 Å². The molecule has 3 heterocycles. The minimum Gasteiger partial charge on any atom is -0.393 e. The van der Waals surface area contributed by atoms with Crippen molar-refractivity contribution in [3.8, 4) is 0 Å². The first-order valence-electron chi connectivity index (χ1n) is 12.5.